The lowest BCUT2D eigenvalue weighted by Gasteiger charge is -2.08. The van der Waals surface area contributed by atoms with Gasteiger partial charge in [-0.15, -0.1) is 0 Å². The van der Waals surface area contributed by atoms with Crippen LogP contribution in [-0.4, -0.2) is 19.6 Å². The number of benzene rings is 1. The quantitative estimate of drug-likeness (QED) is 0.678. The molecule has 0 bridgehead atoms. The average molecular weight is 268 g/mol. The summed E-state index contributed by atoms with van der Waals surface area (Å²) in [6.07, 6.45) is 1.71. The molecule has 3 rings (SSSR count). The fourth-order valence-electron chi connectivity index (χ4n) is 2.52. The second-order valence-electron chi connectivity index (χ2n) is 5.12. The van der Waals surface area contributed by atoms with E-state index in [-0.39, 0.29) is 5.56 Å². The Hall–Kier alpha value is -2.43. The molecule has 0 aliphatic rings. The third kappa shape index (κ3) is 1.74. The molecule has 0 amide bonds. The van der Waals surface area contributed by atoms with Crippen molar-refractivity contribution in [3.05, 3.63) is 51.6 Å². The van der Waals surface area contributed by atoms with E-state index in [4.69, 9.17) is 0 Å². The number of hydrogen-bond donors (Lipinski definition) is 0. The molecule has 0 radical (unpaired) electrons. The summed E-state index contributed by atoms with van der Waals surface area (Å²) in [4.78, 5) is 12.4. The third-order valence-corrected chi connectivity index (χ3v) is 3.54. The molecular weight excluding hydrogens is 252 g/mol. The average Bonchev–Trinajstić information content (AvgIpc) is 2.81. The molecular formula is C15H16N4O. The van der Waals surface area contributed by atoms with E-state index in [1.807, 2.05) is 32.9 Å². The standard InChI is InChI=1S/C15H16N4O/c1-9-5-6-13(10(2)7-9)19-14-12(8-16-19)11(3)17-18(4)15(14)20/h5-8H,1-4H3. The van der Waals surface area contributed by atoms with Crippen molar-refractivity contribution in [2.24, 2.45) is 7.05 Å². The molecule has 0 N–H and O–H groups in total. The van der Waals surface area contributed by atoms with Crippen LogP contribution in [0.15, 0.2) is 29.2 Å². The molecule has 2 heterocycles. The van der Waals surface area contributed by atoms with Gasteiger partial charge in [-0.3, -0.25) is 4.79 Å². The minimum absolute atomic E-state index is 0.136. The van der Waals surface area contributed by atoms with Gasteiger partial charge in [-0.2, -0.15) is 10.2 Å². The van der Waals surface area contributed by atoms with E-state index < -0.39 is 0 Å². The molecule has 0 saturated heterocycles. The fraction of sp³-hybridized carbons (Fsp3) is 0.267. The van der Waals surface area contributed by atoms with Crippen molar-refractivity contribution in [1.29, 1.82) is 0 Å². The van der Waals surface area contributed by atoms with Crippen LogP contribution < -0.4 is 5.56 Å². The summed E-state index contributed by atoms with van der Waals surface area (Å²) in [6.45, 7) is 5.95. The lowest BCUT2D eigenvalue weighted by Crippen LogP contribution is -2.22. The topological polar surface area (TPSA) is 52.7 Å². The van der Waals surface area contributed by atoms with Crippen LogP contribution in [0.5, 0.6) is 0 Å². The van der Waals surface area contributed by atoms with Crippen LogP contribution in [0.1, 0.15) is 16.8 Å². The van der Waals surface area contributed by atoms with Crippen molar-refractivity contribution in [3.63, 3.8) is 0 Å². The predicted molar refractivity (Wildman–Crippen MR) is 78.3 cm³/mol. The molecule has 0 unspecified atom stereocenters. The number of rotatable bonds is 1. The number of aromatic nitrogens is 4. The Morgan fingerprint density at radius 2 is 1.90 bits per heavy atom. The Morgan fingerprint density at radius 3 is 2.60 bits per heavy atom. The van der Waals surface area contributed by atoms with Crippen LogP contribution in [-0.2, 0) is 7.05 Å². The number of aryl methyl sites for hydroxylation is 4. The summed E-state index contributed by atoms with van der Waals surface area (Å²) < 4.78 is 3.07. The summed E-state index contributed by atoms with van der Waals surface area (Å²) in [5.74, 6) is 0. The summed E-state index contributed by atoms with van der Waals surface area (Å²) in [7, 11) is 1.66. The van der Waals surface area contributed by atoms with Crippen LogP contribution in [0, 0.1) is 20.8 Å². The van der Waals surface area contributed by atoms with Crippen molar-refractivity contribution < 1.29 is 0 Å². The normalized spacial score (nSPS) is 11.2. The van der Waals surface area contributed by atoms with Crippen molar-refractivity contribution >= 4 is 10.9 Å². The molecule has 1 aromatic carbocycles. The molecule has 0 aliphatic heterocycles. The maximum absolute atomic E-state index is 12.4. The maximum atomic E-state index is 12.4. The molecule has 5 nitrogen and oxygen atoms in total. The predicted octanol–water partition coefficient (Wildman–Crippen LogP) is 2.04. The third-order valence-electron chi connectivity index (χ3n) is 3.54. The van der Waals surface area contributed by atoms with Gasteiger partial charge in [0, 0.05) is 12.4 Å². The van der Waals surface area contributed by atoms with Gasteiger partial charge in [0.15, 0.2) is 0 Å². The molecule has 102 valence electrons. The highest BCUT2D eigenvalue weighted by atomic mass is 16.1. The monoisotopic (exact) mass is 268 g/mol. The first-order valence-electron chi connectivity index (χ1n) is 6.48. The first-order valence-corrected chi connectivity index (χ1v) is 6.48. The summed E-state index contributed by atoms with van der Waals surface area (Å²) in [6, 6.07) is 6.10. The molecule has 0 atom stereocenters. The van der Waals surface area contributed by atoms with Crippen molar-refractivity contribution in [2.45, 2.75) is 20.8 Å². The van der Waals surface area contributed by atoms with Crippen LogP contribution in [0.4, 0.5) is 0 Å². The van der Waals surface area contributed by atoms with E-state index in [1.165, 1.54) is 10.2 Å². The Bertz CT molecular complexity index is 873. The van der Waals surface area contributed by atoms with Gasteiger partial charge in [0.2, 0.25) is 0 Å². The van der Waals surface area contributed by atoms with E-state index in [2.05, 4.69) is 16.3 Å². The molecule has 20 heavy (non-hydrogen) atoms. The van der Waals surface area contributed by atoms with Crippen molar-refractivity contribution in [2.75, 3.05) is 0 Å². The van der Waals surface area contributed by atoms with Crippen LogP contribution in [0.2, 0.25) is 0 Å². The Kier molecular flexibility index (Phi) is 2.71. The zero-order valence-corrected chi connectivity index (χ0v) is 12.0. The molecule has 0 spiro atoms. The van der Waals surface area contributed by atoms with Crippen LogP contribution >= 0.6 is 0 Å². The number of fused-ring (bicyclic) bond motifs is 1. The van der Waals surface area contributed by atoms with Gasteiger partial charge >= 0.3 is 0 Å². The van der Waals surface area contributed by atoms with Gasteiger partial charge in [-0.05, 0) is 32.4 Å². The Balaban J connectivity index is 2.41. The molecule has 0 saturated carbocycles. The number of hydrogen-bond acceptors (Lipinski definition) is 3. The first-order chi connectivity index (χ1) is 9.49. The molecule has 2 aromatic heterocycles. The van der Waals surface area contributed by atoms with E-state index in [0.29, 0.717) is 5.52 Å². The molecule has 0 fully saturated rings. The second-order valence-corrected chi connectivity index (χ2v) is 5.12. The summed E-state index contributed by atoms with van der Waals surface area (Å²) in [5, 5.41) is 9.38. The number of nitrogens with zero attached hydrogens (tertiary/aromatic N) is 4. The van der Waals surface area contributed by atoms with Gasteiger partial charge in [0.25, 0.3) is 5.56 Å². The summed E-state index contributed by atoms with van der Waals surface area (Å²) >= 11 is 0. The van der Waals surface area contributed by atoms with Crippen LogP contribution in [0.3, 0.4) is 0 Å². The SMILES string of the molecule is Cc1ccc(-n2ncc3c(C)nn(C)c(=O)c32)c(C)c1. The zero-order chi connectivity index (χ0) is 14.4. The first kappa shape index (κ1) is 12.6. The lowest BCUT2D eigenvalue weighted by atomic mass is 10.1. The van der Waals surface area contributed by atoms with Gasteiger partial charge in [0.1, 0.15) is 5.52 Å². The lowest BCUT2D eigenvalue weighted by molar-refractivity contribution is 0.699. The van der Waals surface area contributed by atoms with Crippen LogP contribution in [0.25, 0.3) is 16.6 Å². The highest BCUT2D eigenvalue weighted by Gasteiger charge is 2.14. The maximum Gasteiger partial charge on any atom is 0.293 e. The van der Waals surface area contributed by atoms with Crippen molar-refractivity contribution in [3.8, 4) is 5.69 Å². The highest BCUT2D eigenvalue weighted by Crippen LogP contribution is 2.20. The van der Waals surface area contributed by atoms with Gasteiger partial charge in [0.05, 0.1) is 17.6 Å². The van der Waals surface area contributed by atoms with Gasteiger partial charge < -0.3 is 0 Å². The minimum atomic E-state index is -0.136. The van der Waals surface area contributed by atoms with E-state index in [1.54, 1.807) is 17.9 Å². The molecule has 3 aromatic rings. The fourth-order valence-corrected chi connectivity index (χ4v) is 2.52. The molecule has 5 heteroatoms. The smallest absolute Gasteiger partial charge is 0.265 e. The zero-order valence-electron chi connectivity index (χ0n) is 12.0. The van der Waals surface area contributed by atoms with Crippen molar-refractivity contribution in [1.82, 2.24) is 19.6 Å². The van der Waals surface area contributed by atoms with E-state index in [0.717, 1.165) is 22.3 Å². The molecule has 0 aliphatic carbocycles. The summed E-state index contributed by atoms with van der Waals surface area (Å²) in [5.41, 5.74) is 4.45. The van der Waals surface area contributed by atoms with E-state index in [9.17, 15) is 4.79 Å². The second kappa shape index (κ2) is 4.30. The minimum Gasteiger partial charge on any atom is -0.265 e. The van der Waals surface area contributed by atoms with Gasteiger partial charge in [-0.1, -0.05) is 17.7 Å². The Labute approximate surface area is 116 Å². The van der Waals surface area contributed by atoms with E-state index >= 15 is 0 Å². The highest BCUT2D eigenvalue weighted by molar-refractivity contribution is 5.81. The largest absolute Gasteiger partial charge is 0.293 e. The van der Waals surface area contributed by atoms with Gasteiger partial charge in [-0.25, -0.2) is 9.36 Å². The Morgan fingerprint density at radius 1 is 1.15 bits per heavy atom.